The first-order chi connectivity index (χ1) is 19.9. The van der Waals surface area contributed by atoms with Gasteiger partial charge in [-0.15, -0.1) is 0 Å². The van der Waals surface area contributed by atoms with Crippen molar-refractivity contribution in [1.82, 2.24) is 19.6 Å². The molecule has 42 heavy (non-hydrogen) atoms. The zero-order valence-corrected chi connectivity index (χ0v) is 22.7. The van der Waals surface area contributed by atoms with Crippen molar-refractivity contribution in [1.29, 1.82) is 0 Å². The highest BCUT2D eigenvalue weighted by Gasteiger charge is 2.36. The molecule has 0 spiro atoms. The number of carbonyl (C=O) groups excluding carboxylic acids is 2. The van der Waals surface area contributed by atoms with Crippen LogP contribution < -0.4 is 0 Å². The van der Waals surface area contributed by atoms with E-state index in [1.165, 1.54) is 14.2 Å². The molecule has 0 N–H and O–H groups in total. The summed E-state index contributed by atoms with van der Waals surface area (Å²) in [7, 11) is 2.61. The Morgan fingerprint density at radius 2 is 1.05 bits per heavy atom. The van der Waals surface area contributed by atoms with Crippen molar-refractivity contribution >= 4 is 23.3 Å². The lowest BCUT2D eigenvalue weighted by Crippen LogP contribution is -2.25. The van der Waals surface area contributed by atoms with Gasteiger partial charge in [-0.05, 0) is 51.4 Å². The van der Waals surface area contributed by atoms with Crippen molar-refractivity contribution in [2.45, 2.75) is 76.3 Å². The Labute approximate surface area is 236 Å². The van der Waals surface area contributed by atoms with Crippen LogP contribution in [0.15, 0.2) is 12.4 Å². The van der Waals surface area contributed by atoms with E-state index in [-0.39, 0.29) is 35.9 Å². The Morgan fingerprint density at radius 3 is 1.29 bits per heavy atom. The fraction of sp³-hybridized carbons (Fsp3) is 0.667. The quantitative estimate of drug-likeness (QED) is 0.167. The minimum Gasteiger partial charge on any atom is -0.469 e. The number of esters is 2. The standard InChI is InChI=1S/2C12H15F2N3O4/c2*1-21-12(18)7-2-4-8(5-3-7)16-10(11(13)14)9(6-15-16)17(19)20/h2*6-8,11H,2-5H2,1H3. The summed E-state index contributed by atoms with van der Waals surface area (Å²) in [4.78, 5) is 42.7. The SMILES string of the molecule is COC(=O)C1CCC(n2ncc([N+](=O)[O-])c2C(F)F)CC1.COC(=O)C1CCC(n2ncc([N+](=O)[O-])c2C(F)F)CC1. The molecule has 18 heteroatoms. The Kier molecular flexibility index (Phi) is 10.9. The summed E-state index contributed by atoms with van der Waals surface area (Å²) in [5.74, 6) is -1.11. The summed E-state index contributed by atoms with van der Waals surface area (Å²) < 4.78 is 63.6. The number of hydrogen-bond acceptors (Lipinski definition) is 10. The third-order valence-corrected chi connectivity index (χ3v) is 7.59. The topological polar surface area (TPSA) is 175 Å². The second-order valence-electron chi connectivity index (χ2n) is 9.89. The van der Waals surface area contributed by atoms with E-state index in [1.807, 2.05) is 0 Å². The van der Waals surface area contributed by atoms with Crippen molar-refractivity contribution in [2.75, 3.05) is 14.2 Å². The highest BCUT2D eigenvalue weighted by Crippen LogP contribution is 2.39. The summed E-state index contributed by atoms with van der Waals surface area (Å²) in [6, 6.07) is -0.716. The third-order valence-electron chi connectivity index (χ3n) is 7.59. The van der Waals surface area contributed by atoms with E-state index in [2.05, 4.69) is 19.7 Å². The Hall–Kier alpha value is -4.12. The van der Waals surface area contributed by atoms with Crippen LogP contribution in [0.2, 0.25) is 0 Å². The largest absolute Gasteiger partial charge is 0.469 e. The molecule has 0 bridgehead atoms. The summed E-state index contributed by atoms with van der Waals surface area (Å²) in [6.07, 6.45) is -0.421. The molecule has 2 aromatic rings. The number of nitro groups is 2. The third kappa shape index (κ3) is 7.20. The fourth-order valence-corrected chi connectivity index (χ4v) is 5.46. The smallest absolute Gasteiger partial charge is 0.316 e. The van der Waals surface area contributed by atoms with Crippen LogP contribution in [0.1, 0.15) is 87.7 Å². The van der Waals surface area contributed by atoms with E-state index in [0.717, 1.165) is 21.8 Å². The van der Waals surface area contributed by atoms with Crippen LogP contribution in [0.3, 0.4) is 0 Å². The molecular formula is C24H30F4N6O8. The lowest BCUT2D eigenvalue weighted by atomic mass is 9.86. The van der Waals surface area contributed by atoms with E-state index in [9.17, 15) is 47.4 Å². The molecule has 0 atom stereocenters. The number of alkyl halides is 4. The summed E-state index contributed by atoms with van der Waals surface area (Å²) in [5.41, 5.74) is -2.66. The van der Waals surface area contributed by atoms with E-state index >= 15 is 0 Å². The molecule has 14 nitrogen and oxygen atoms in total. The second kappa shape index (κ2) is 14.2. The molecule has 2 heterocycles. The van der Waals surface area contributed by atoms with Crippen LogP contribution in [0, 0.1) is 32.1 Å². The van der Waals surface area contributed by atoms with Gasteiger partial charge < -0.3 is 9.47 Å². The highest BCUT2D eigenvalue weighted by atomic mass is 19.3. The van der Waals surface area contributed by atoms with Gasteiger partial charge in [0.25, 0.3) is 12.9 Å². The van der Waals surface area contributed by atoms with Crippen LogP contribution in [0.25, 0.3) is 0 Å². The monoisotopic (exact) mass is 606 g/mol. The molecule has 0 radical (unpaired) electrons. The number of carbonyl (C=O) groups is 2. The first-order valence-corrected chi connectivity index (χ1v) is 13.1. The number of aromatic nitrogens is 4. The Bertz CT molecular complexity index is 1170. The van der Waals surface area contributed by atoms with Gasteiger partial charge in [0.2, 0.25) is 0 Å². The molecule has 4 rings (SSSR count). The average molecular weight is 607 g/mol. The van der Waals surface area contributed by atoms with Crippen LogP contribution >= 0.6 is 0 Å². The van der Waals surface area contributed by atoms with E-state index in [4.69, 9.17) is 0 Å². The molecule has 2 aromatic heterocycles. The van der Waals surface area contributed by atoms with Crippen molar-refractivity contribution in [3.63, 3.8) is 0 Å². The van der Waals surface area contributed by atoms with Gasteiger partial charge in [0.15, 0.2) is 11.4 Å². The van der Waals surface area contributed by atoms with Gasteiger partial charge in [-0.25, -0.2) is 17.6 Å². The van der Waals surface area contributed by atoms with Gasteiger partial charge in [-0.2, -0.15) is 10.2 Å². The lowest BCUT2D eigenvalue weighted by Gasteiger charge is -2.27. The first kappa shape index (κ1) is 32.4. The maximum atomic E-state index is 13.1. The molecule has 2 fully saturated rings. The Morgan fingerprint density at radius 1 is 0.738 bits per heavy atom. The van der Waals surface area contributed by atoms with Gasteiger partial charge in [-0.3, -0.25) is 39.2 Å². The minimum atomic E-state index is -2.97. The fourth-order valence-electron chi connectivity index (χ4n) is 5.46. The van der Waals surface area contributed by atoms with Crippen molar-refractivity contribution in [2.24, 2.45) is 11.8 Å². The van der Waals surface area contributed by atoms with Crippen molar-refractivity contribution < 1.29 is 46.5 Å². The molecule has 2 aliphatic carbocycles. The van der Waals surface area contributed by atoms with Crippen LogP contribution in [0.4, 0.5) is 28.9 Å². The molecule has 0 amide bonds. The van der Waals surface area contributed by atoms with Crippen LogP contribution in [0.5, 0.6) is 0 Å². The molecule has 0 aromatic carbocycles. The summed E-state index contributed by atoms with van der Waals surface area (Å²) in [6.45, 7) is 0. The van der Waals surface area contributed by atoms with Gasteiger partial charge in [-0.1, -0.05) is 0 Å². The zero-order valence-electron chi connectivity index (χ0n) is 22.7. The maximum absolute atomic E-state index is 13.1. The average Bonchev–Trinajstić information content (AvgIpc) is 3.63. The van der Waals surface area contributed by atoms with Crippen LogP contribution in [-0.2, 0) is 19.1 Å². The normalized spacial score (nSPS) is 22.3. The predicted molar refractivity (Wildman–Crippen MR) is 134 cm³/mol. The molecule has 0 unspecified atom stereocenters. The molecule has 0 saturated heterocycles. The molecule has 0 aliphatic heterocycles. The number of halogens is 4. The summed E-state index contributed by atoms with van der Waals surface area (Å²) >= 11 is 0. The van der Waals surface area contributed by atoms with Crippen molar-refractivity contribution in [3.8, 4) is 0 Å². The second-order valence-corrected chi connectivity index (χ2v) is 9.89. The molecule has 232 valence electrons. The molecular weight excluding hydrogens is 576 g/mol. The molecule has 2 aliphatic rings. The number of ether oxygens (including phenoxy) is 2. The number of nitrogens with zero attached hydrogens (tertiary/aromatic N) is 6. The predicted octanol–water partition coefficient (Wildman–Crippen LogP) is 5.27. The van der Waals surface area contributed by atoms with Gasteiger partial charge in [0.1, 0.15) is 12.4 Å². The van der Waals surface area contributed by atoms with E-state index in [0.29, 0.717) is 51.4 Å². The van der Waals surface area contributed by atoms with Gasteiger partial charge in [0, 0.05) is 0 Å². The van der Waals surface area contributed by atoms with E-state index in [1.54, 1.807) is 0 Å². The lowest BCUT2D eigenvalue weighted by molar-refractivity contribution is -0.386. The number of methoxy groups -OCH3 is 2. The van der Waals surface area contributed by atoms with Gasteiger partial charge >= 0.3 is 23.3 Å². The molecule has 2 saturated carbocycles. The highest BCUT2D eigenvalue weighted by molar-refractivity contribution is 5.72. The number of rotatable bonds is 8. The van der Waals surface area contributed by atoms with Crippen molar-refractivity contribution in [3.05, 3.63) is 44.0 Å². The zero-order chi connectivity index (χ0) is 31.1. The number of hydrogen-bond donors (Lipinski definition) is 0. The van der Waals surface area contributed by atoms with Crippen LogP contribution in [-0.4, -0.2) is 55.6 Å². The maximum Gasteiger partial charge on any atom is 0.316 e. The van der Waals surface area contributed by atoms with E-state index < -0.39 is 45.5 Å². The minimum absolute atomic E-state index is 0.244. The van der Waals surface area contributed by atoms with Gasteiger partial charge in [0.05, 0.1) is 48.0 Å². The Balaban J connectivity index is 0.000000230. The first-order valence-electron chi connectivity index (χ1n) is 13.1. The summed E-state index contributed by atoms with van der Waals surface area (Å²) in [5, 5.41) is 29.0.